The van der Waals surface area contributed by atoms with Gasteiger partial charge in [-0.25, -0.2) is 4.39 Å². The molecule has 1 N–H and O–H groups in total. The van der Waals surface area contributed by atoms with Crippen LogP contribution in [0.1, 0.15) is 41.9 Å². The van der Waals surface area contributed by atoms with Gasteiger partial charge in [-0.1, -0.05) is 61.9 Å². The van der Waals surface area contributed by atoms with Crippen molar-refractivity contribution in [1.82, 2.24) is 4.90 Å². The van der Waals surface area contributed by atoms with E-state index >= 15 is 0 Å². The summed E-state index contributed by atoms with van der Waals surface area (Å²) in [7, 11) is 1.57. The van der Waals surface area contributed by atoms with E-state index in [1.165, 1.54) is 17.0 Å². The molecule has 1 saturated heterocycles. The Morgan fingerprint density at radius 2 is 1.83 bits per heavy atom. The first-order chi connectivity index (χ1) is 17.3. The number of nitrogens with zero attached hydrogens (tertiary/aromatic N) is 1. The van der Waals surface area contributed by atoms with E-state index < -0.39 is 17.8 Å². The molecule has 6 heteroatoms. The molecule has 0 radical (unpaired) electrons. The number of nitrogens with one attached hydrogen (secondary N) is 1. The average molecular weight is 483 g/mol. The molecule has 1 fully saturated rings. The molecule has 0 saturated carbocycles. The van der Waals surface area contributed by atoms with Crippen LogP contribution >= 0.6 is 0 Å². The van der Waals surface area contributed by atoms with Crippen molar-refractivity contribution < 1.29 is 18.7 Å². The summed E-state index contributed by atoms with van der Waals surface area (Å²) in [5, 5.41) is 3.00. The molecule has 0 aliphatic carbocycles. The molecule has 36 heavy (non-hydrogen) atoms. The first kappa shape index (κ1) is 24.7. The molecule has 4 rings (SSSR count). The number of anilines is 1. The van der Waals surface area contributed by atoms with Crippen molar-refractivity contribution >= 4 is 17.5 Å². The van der Waals surface area contributed by atoms with Gasteiger partial charge < -0.3 is 10.1 Å². The van der Waals surface area contributed by atoms with Crippen LogP contribution in [0.5, 0.6) is 5.75 Å². The Kier molecular flexibility index (Phi) is 7.21. The summed E-state index contributed by atoms with van der Waals surface area (Å²) < 4.78 is 19.9. The topological polar surface area (TPSA) is 58.6 Å². The minimum Gasteiger partial charge on any atom is -0.497 e. The zero-order chi connectivity index (χ0) is 25.8. The number of methoxy groups -OCH3 is 1. The van der Waals surface area contributed by atoms with E-state index in [0.717, 1.165) is 11.1 Å². The number of halogens is 1. The van der Waals surface area contributed by atoms with Crippen molar-refractivity contribution in [2.24, 2.45) is 0 Å². The Bertz CT molecular complexity index is 1330. The molecule has 0 aromatic heterocycles. The lowest BCUT2D eigenvalue weighted by Crippen LogP contribution is -2.45. The molecule has 182 valence electrons. The lowest BCUT2D eigenvalue weighted by Gasteiger charge is -2.34. The highest BCUT2D eigenvalue weighted by Gasteiger charge is 2.45. The van der Waals surface area contributed by atoms with Gasteiger partial charge in [0.1, 0.15) is 11.6 Å². The summed E-state index contributed by atoms with van der Waals surface area (Å²) in [4.78, 5) is 28.2. The molecular formula is C30H27FN2O3. The highest BCUT2D eigenvalue weighted by Crippen LogP contribution is 2.37. The molecule has 3 aromatic rings. The Balaban J connectivity index is 1.68. The fourth-order valence-electron chi connectivity index (χ4n) is 4.61. The Morgan fingerprint density at radius 1 is 1.14 bits per heavy atom. The standard InChI is InChI=1S/C30H27FN2O3/c1-5-21-11-16-27(26(31)17-21)32-20(3)29(19(2)22-9-7-6-8-10-22)33-28(34)18-25(30(33)35)23-12-14-24(36-4)15-13-23/h1,6-17,19,25,29,32H,3,18H2,2,4H3/t19-,25+,29-/m0/s1. The minimum absolute atomic E-state index is 0.0433. The molecule has 2 amide bonds. The summed E-state index contributed by atoms with van der Waals surface area (Å²) in [6, 6.07) is 20.3. The van der Waals surface area contributed by atoms with Gasteiger partial charge in [0.05, 0.1) is 24.8 Å². The fraction of sp³-hybridized carbons (Fsp3) is 0.200. The first-order valence-electron chi connectivity index (χ1n) is 11.6. The number of hydrogen-bond donors (Lipinski definition) is 1. The van der Waals surface area contributed by atoms with Crippen molar-refractivity contribution in [2.45, 2.75) is 31.2 Å². The van der Waals surface area contributed by atoms with Crippen LogP contribution in [0.4, 0.5) is 10.1 Å². The summed E-state index contributed by atoms with van der Waals surface area (Å²) in [6.45, 7) is 6.06. The van der Waals surface area contributed by atoms with Gasteiger partial charge in [0.25, 0.3) is 0 Å². The number of amides is 2. The SMILES string of the molecule is C#Cc1ccc(NC(=C)[C@H]([C@@H](C)c2ccccc2)N2C(=O)C[C@H](c3ccc(OC)cc3)C2=O)c(F)c1. The van der Waals surface area contributed by atoms with Crippen molar-refractivity contribution in [1.29, 1.82) is 0 Å². The largest absolute Gasteiger partial charge is 0.497 e. The zero-order valence-corrected chi connectivity index (χ0v) is 20.2. The predicted octanol–water partition coefficient (Wildman–Crippen LogP) is 5.46. The quantitative estimate of drug-likeness (QED) is 0.342. The second kappa shape index (κ2) is 10.5. The van der Waals surface area contributed by atoms with E-state index in [4.69, 9.17) is 11.2 Å². The van der Waals surface area contributed by atoms with Crippen LogP contribution in [-0.2, 0) is 9.59 Å². The van der Waals surface area contributed by atoms with Gasteiger partial charge in [-0.2, -0.15) is 0 Å². The third-order valence-electron chi connectivity index (χ3n) is 6.57. The number of likely N-dealkylation sites (tertiary alicyclic amines) is 1. The lowest BCUT2D eigenvalue weighted by atomic mass is 9.90. The lowest BCUT2D eigenvalue weighted by molar-refractivity contribution is -0.141. The number of hydrogen-bond acceptors (Lipinski definition) is 4. The molecular weight excluding hydrogens is 455 g/mol. The van der Waals surface area contributed by atoms with Gasteiger partial charge in [-0.05, 0) is 41.5 Å². The highest BCUT2D eigenvalue weighted by molar-refractivity contribution is 6.07. The van der Waals surface area contributed by atoms with Crippen molar-refractivity contribution in [2.75, 3.05) is 12.4 Å². The third-order valence-corrected chi connectivity index (χ3v) is 6.57. The van der Waals surface area contributed by atoms with Crippen LogP contribution in [0.3, 0.4) is 0 Å². The van der Waals surface area contributed by atoms with Crippen LogP contribution in [0.2, 0.25) is 0 Å². The van der Waals surface area contributed by atoms with Crippen LogP contribution in [-0.4, -0.2) is 29.9 Å². The maximum Gasteiger partial charge on any atom is 0.237 e. The molecule has 3 atom stereocenters. The van der Waals surface area contributed by atoms with Crippen LogP contribution < -0.4 is 10.1 Å². The van der Waals surface area contributed by atoms with Crippen LogP contribution in [0.25, 0.3) is 0 Å². The van der Waals surface area contributed by atoms with Crippen LogP contribution in [0.15, 0.2) is 85.1 Å². The van der Waals surface area contributed by atoms with Crippen molar-refractivity contribution in [3.63, 3.8) is 0 Å². The maximum absolute atomic E-state index is 14.7. The predicted molar refractivity (Wildman–Crippen MR) is 138 cm³/mol. The smallest absolute Gasteiger partial charge is 0.237 e. The number of imide groups is 1. The van der Waals surface area contributed by atoms with Gasteiger partial charge in [0, 0.05) is 23.6 Å². The Labute approximate surface area is 210 Å². The summed E-state index contributed by atoms with van der Waals surface area (Å²) in [5.74, 6) is 0.973. The van der Waals surface area contributed by atoms with Gasteiger partial charge in [-0.15, -0.1) is 6.42 Å². The highest BCUT2D eigenvalue weighted by atomic mass is 19.1. The second-order valence-electron chi connectivity index (χ2n) is 8.77. The van der Waals surface area contributed by atoms with E-state index in [-0.39, 0.29) is 29.8 Å². The summed E-state index contributed by atoms with van der Waals surface area (Å²) in [6.07, 6.45) is 5.41. The van der Waals surface area contributed by atoms with Gasteiger partial charge in [-0.3, -0.25) is 14.5 Å². The first-order valence-corrected chi connectivity index (χ1v) is 11.6. The van der Waals surface area contributed by atoms with Gasteiger partial charge >= 0.3 is 0 Å². The molecule has 1 heterocycles. The van der Waals surface area contributed by atoms with E-state index in [9.17, 15) is 14.0 Å². The molecule has 0 spiro atoms. The summed E-state index contributed by atoms with van der Waals surface area (Å²) in [5.41, 5.74) is 2.55. The van der Waals surface area contributed by atoms with E-state index in [0.29, 0.717) is 17.0 Å². The zero-order valence-electron chi connectivity index (χ0n) is 20.2. The van der Waals surface area contributed by atoms with Crippen LogP contribution in [0, 0.1) is 18.2 Å². The molecule has 3 aromatic carbocycles. The van der Waals surface area contributed by atoms with E-state index in [1.54, 1.807) is 37.4 Å². The number of carbonyl (C=O) groups is 2. The average Bonchev–Trinajstić information content (AvgIpc) is 3.19. The molecule has 0 unspecified atom stereocenters. The Morgan fingerprint density at radius 3 is 2.44 bits per heavy atom. The van der Waals surface area contributed by atoms with E-state index in [1.807, 2.05) is 37.3 Å². The second-order valence-corrected chi connectivity index (χ2v) is 8.77. The number of rotatable bonds is 8. The Hall–Kier alpha value is -4.37. The van der Waals surface area contributed by atoms with Gasteiger partial charge in [0.15, 0.2) is 0 Å². The number of terminal acetylenes is 1. The molecule has 1 aliphatic heterocycles. The molecule has 1 aliphatic rings. The van der Waals surface area contributed by atoms with Gasteiger partial charge in [0.2, 0.25) is 11.8 Å². The number of benzene rings is 3. The number of ether oxygens (including phenoxy) is 1. The van der Waals surface area contributed by atoms with Crippen molar-refractivity contribution in [3.8, 4) is 18.1 Å². The van der Waals surface area contributed by atoms with Crippen molar-refractivity contribution in [3.05, 3.63) is 108 Å². The summed E-state index contributed by atoms with van der Waals surface area (Å²) >= 11 is 0. The molecule has 0 bridgehead atoms. The third kappa shape index (κ3) is 4.87. The maximum atomic E-state index is 14.7. The minimum atomic E-state index is -0.748. The molecule has 5 nitrogen and oxygen atoms in total. The van der Waals surface area contributed by atoms with E-state index in [2.05, 4.69) is 17.8 Å². The number of carbonyl (C=O) groups excluding carboxylic acids is 2. The normalized spacial score (nSPS) is 16.8. The fourth-order valence-corrected chi connectivity index (χ4v) is 4.61. The monoisotopic (exact) mass is 482 g/mol.